The number of benzene rings is 2. The molecule has 2 aromatic carbocycles. The molecule has 0 aliphatic heterocycles. The number of halogens is 1. The molecule has 0 aliphatic rings. The molecule has 0 radical (unpaired) electrons. The van der Waals surface area contributed by atoms with Crippen LogP contribution in [-0.4, -0.2) is 0 Å². The monoisotopic (exact) mass is 244 g/mol. The lowest BCUT2D eigenvalue weighted by Crippen LogP contribution is -2.07. The van der Waals surface area contributed by atoms with Gasteiger partial charge in [0, 0.05) is 6.07 Å². The summed E-state index contributed by atoms with van der Waals surface area (Å²) in [7, 11) is 0. The van der Waals surface area contributed by atoms with Crippen molar-refractivity contribution in [1.29, 1.82) is 0 Å². The molecular weight excluding hydrogens is 227 g/mol. The van der Waals surface area contributed by atoms with E-state index in [9.17, 15) is 4.39 Å². The summed E-state index contributed by atoms with van der Waals surface area (Å²) in [4.78, 5) is 0. The van der Waals surface area contributed by atoms with E-state index in [4.69, 9.17) is 4.74 Å². The molecule has 1 nitrogen and oxygen atoms in total. The molecule has 0 heterocycles. The molecule has 0 spiro atoms. The fourth-order valence-electron chi connectivity index (χ4n) is 1.93. The first-order valence-electron chi connectivity index (χ1n) is 6.26. The van der Waals surface area contributed by atoms with Crippen LogP contribution in [0.5, 0.6) is 5.75 Å². The number of rotatable bonds is 5. The Hall–Kier alpha value is -1.83. The predicted molar refractivity (Wildman–Crippen MR) is 71.1 cm³/mol. The minimum Gasteiger partial charge on any atom is -0.486 e. The molecule has 2 aromatic rings. The highest BCUT2D eigenvalue weighted by molar-refractivity contribution is 5.25. The van der Waals surface area contributed by atoms with E-state index in [-0.39, 0.29) is 11.9 Å². The van der Waals surface area contributed by atoms with Crippen molar-refractivity contribution in [1.82, 2.24) is 0 Å². The van der Waals surface area contributed by atoms with Gasteiger partial charge in [0.15, 0.2) is 0 Å². The van der Waals surface area contributed by atoms with Crippen LogP contribution in [0.3, 0.4) is 0 Å². The summed E-state index contributed by atoms with van der Waals surface area (Å²) in [5, 5.41) is 0. The van der Waals surface area contributed by atoms with E-state index in [0.29, 0.717) is 5.75 Å². The van der Waals surface area contributed by atoms with E-state index in [2.05, 4.69) is 6.92 Å². The van der Waals surface area contributed by atoms with Crippen molar-refractivity contribution in [3.63, 3.8) is 0 Å². The largest absolute Gasteiger partial charge is 0.486 e. The van der Waals surface area contributed by atoms with E-state index in [1.54, 1.807) is 12.1 Å². The van der Waals surface area contributed by atoms with Crippen molar-refractivity contribution in [2.24, 2.45) is 0 Å². The van der Waals surface area contributed by atoms with Crippen molar-refractivity contribution in [2.45, 2.75) is 25.9 Å². The molecule has 1 atom stereocenters. The zero-order valence-electron chi connectivity index (χ0n) is 10.5. The molecule has 18 heavy (non-hydrogen) atoms. The normalized spacial score (nSPS) is 12.1. The van der Waals surface area contributed by atoms with E-state index in [0.717, 1.165) is 18.4 Å². The van der Waals surface area contributed by atoms with E-state index < -0.39 is 0 Å². The van der Waals surface area contributed by atoms with Crippen LogP contribution in [0.2, 0.25) is 0 Å². The van der Waals surface area contributed by atoms with Crippen LogP contribution in [0.4, 0.5) is 4.39 Å². The Morgan fingerprint density at radius 1 is 1.06 bits per heavy atom. The van der Waals surface area contributed by atoms with Gasteiger partial charge in [0.2, 0.25) is 0 Å². The topological polar surface area (TPSA) is 9.23 Å². The molecule has 0 aliphatic carbocycles. The van der Waals surface area contributed by atoms with Gasteiger partial charge in [-0.3, -0.25) is 0 Å². The maximum atomic E-state index is 13.1. The highest BCUT2D eigenvalue weighted by Gasteiger charge is 2.12. The third-order valence-electron chi connectivity index (χ3n) is 2.80. The summed E-state index contributed by atoms with van der Waals surface area (Å²) in [5.41, 5.74) is 1.13. The molecule has 0 aromatic heterocycles. The maximum absolute atomic E-state index is 13.1. The third-order valence-corrected chi connectivity index (χ3v) is 2.80. The van der Waals surface area contributed by atoms with Gasteiger partial charge in [-0.25, -0.2) is 4.39 Å². The first-order chi connectivity index (χ1) is 8.79. The van der Waals surface area contributed by atoms with Crippen molar-refractivity contribution < 1.29 is 9.13 Å². The van der Waals surface area contributed by atoms with Crippen LogP contribution in [0.25, 0.3) is 0 Å². The Morgan fingerprint density at radius 2 is 1.83 bits per heavy atom. The van der Waals surface area contributed by atoms with Crippen molar-refractivity contribution >= 4 is 0 Å². The number of hydrogen-bond donors (Lipinski definition) is 0. The fourth-order valence-corrected chi connectivity index (χ4v) is 1.93. The first kappa shape index (κ1) is 12.6. The number of hydrogen-bond acceptors (Lipinski definition) is 1. The predicted octanol–water partition coefficient (Wildman–Crippen LogP) is 4.75. The summed E-state index contributed by atoms with van der Waals surface area (Å²) in [5.74, 6) is 0.313. The van der Waals surface area contributed by atoms with Crippen LogP contribution < -0.4 is 4.74 Å². The zero-order chi connectivity index (χ0) is 12.8. The molecule has 0 saturated carbocycles. The molecule has 0 N–H and O–H groups in total. The van der Waals surface area contributed by atoms with E-state index in [1.807, 2.05) is 30.3 Å². The maximum Gasteiger partial charge on any atom is 0.126 e. The third kappa shape index (κ3) is 3.33. The SMILES string of the molecule is CCC[C@H](Oc1cccc(F)c1)c1ccccc1. The van der Waals surface area contributed by atoms with E-state index >= 15 is 0 Å². The van der Waals surface area contributed by atoms with Gasteiger partial charge in [-0.05, 0) is 24.1 Å². The second kappa shape index (κ2) is 6.20. The van der Waals surface area contributed by atoms with Crippen LogP contribution in [0, 0.1) is 5.82 Å². The average molecular weight is 244 g/mol. The minimum absolute atomic E-state index is 0.0157. The Balaban J connectivity index is 2.16. The van der Waals surface area contributed by atoms with Crippen LogP contribution in [0.1, 0.15) is 31.4 Å². The molecule has 0 unspecified atom stereocenters. The molecular formula is C16H17FO. The Bertz CT molecular complexity index is 481. The minimum atomic E-state index is -0.268. The van der Waals surface area contributed by atoms with Crippen molar-refractivity contribution in [2.75, 3.05) is 0 Å². The lowest BCUT2D eigenvalue weighted by molar-refractivity contribution is 0.193. The Morgan fingerprint density at radius 3 is 2.50 bits per heavy atom. The lowest BCUT2D eigenvalue weighted by atomic mass is 10.1. The summed E-state index contributed by atoms with van der Waals surface area (Å²) in [6, 6.07) is 16.3. The molecule has 0 saturated heterocycles. The molecule has 0 amide bonds. The summed E-state index contributed by atoms with van der Waals surface area (Å²) in [6.07, 6.45) is 1.92. The van der Waals surface area contributed by atoms with Gasteiger partial charge in [0.05, 0.1) is 0 Å². The second-order valence-corrected chi connectivity index (χ2v) is 4.26. The second-order valence-electron chi connectivity index (χ2n) is 4.26. The summed E-state index contributed by atoms with van der Waals surface area (Å²) in [6.45, 7) is 2.12. The summed E-state index contributed by atoms with van der Waals surface area (Å²) >= 11 is 0. The standard InChI is InChI=1S/C16H17FO/c1-2-7-16(13-8-4-3-5-9-13)18-15-11-6-10-14(17)12-15/h3-6,8-12,16H,2,7H2,1H3/t16-/m0/s1. The van der Waals surface area contributed by atoms with Gasteiger partial charge in [-0.15, -0.1) is 0 Å². The van der Waals surface area contributed by atoms with Gasteiger partial charge in [0.1, 0.15) is 17.7 Å². The van der Waals surface area contributed by atoms with Crippen LogP contribution >= 0.6 is 0 Å². The fraction of sp³-hybridized carbons (Fsp3) is 0.250. The average Bonchev–Trinajstić information content (AvgIpc) is 2.39. The first-order valence-corrected chi connectivity index (χ1v) is 6.26. The Labute approximate surface area is 107 Å². The Kier molecular flexibility index (Phi) is 4.35. The molecule has 0 fully saturated rings. The lowest BCUT2D eigenvalue weighted by Gasteiger charge is -2.19. The van der Waals surface area contributed by atoms with Gasteiger partial charge >= 0.3 is 0 Å². The zero-order valence-corrected chi connectivity index (χ0v) is 10.5. The van der Waals surface area contributed by atoms with Gasteiger partial charge in [0.25, 0.3) is 0 Å². The molecule has 94 valence electrons. The number of ether oxygens (including phenoxy) is 1. The summed E-state index contributed by atoms with van der Waals surface area (Å²) < 4.78 is 19.0. The quantitative estimate of drug-likeness (QED) is 0.737. The molecule has 0 bridgehead atoms. The van der Waals surface area contributed by atoms with Gasteiger partial charge in [-0.1, -0.05) is 49.7 Å². The van der Waals surface area contributed by atoms with E-state index in [1.165, 1.54) is 12.1 Å². The highest BCUT2D eigenvalue weighted by Crippen LogP contribution is 2.26. The van der Waals surface area contributed by atoms with Crippen LogP contribution in [0.15, 0.2) is 54.6 Å². The highest BCUT2D eigenvalue weighted by atomic mass is 19.1. The van der Waals surface area contributed by atoms with Crippen molar-refractivity contribution in [3.8, 4) is 5.75 Å². The smallest absolute Gasteiger partial charge is 0.126 e. The molecule has 2 heteroatoms. The molecule has 2 rings (SSSR count). The van der Waals surface area contributed by atoms with Gasteiger partial charge in [-0.2, -0.15) is 0 Å². The van der Waals surface area contributed by atoms with Crippen molar-refractivity contribution in [3.05, 3.63) is 66.0 Å². The van der Waals surface area contributed by atoms with Gasteiger partial charge < -0.3 is 4.74 Å². The van der Waals surface area contributed by atoms with Crippen LogP contribution in [-0.2, 0) is 0 Å².